The molecule has 4 aromatic rings. The molecule has 2 atom stereocenters. The molecule has 1 amide bonds. The van der Waals surface area contributed by atoms with Crippen molar-refractivity contribution in [2.24, 2.45) is 0 Å². The van der Waals surface area contributed by atoms with Crippen molar-refractivity contribution in [3.8, 4) is 5.75 Å². The van der Waals surface area contributed by atoms with Gasteiger partial charge in [-0.05, 0) is 47.2 Å². The Morgan fingerprint density at radius 1 is 0.745 bits per heavy atom. The van der Waals surface area contributed by atoms with Crippen molar-refractivity contribution in [3.05, 3.63) is 138 Å². The highest BCUT2D eigenvalue weighted by atomic mass is 31.2. The van der Waals surface area contributed by atoms with Gasteiger partial charge >= 0.3 is 19.5 Å². The molecular weight excluding hydrogens is 621 g/mol. The second-order valence-corrected chi connectivity index (χ2v) is 12.7. The highest BCUT2D eigenvalue weighted by molar-refractivity contribution is 7.54. The van der Waals surface area contributed by atoms with Crippen LogP contribution in [0.25, 0.3) is 0 Å². The lowest BCUT2D eigenvalue weighted by atomic mass is 10.1. The van der Waals surface area contributed by atoms with Crippen molar-refractivity contribution in [2.45, 2.75) is 45.1 Å². The van der Waals surface area contributed by atoms with Gasteiger partial charge in [-0.15, -0.1) is 0 Å². The van der Waals surface area contributed by atoms with Crippen LogP contribution in [0.3, 0.4) is 0 Å². The minimum absolute atomic E-state index is 0.0209. The van der Waals surface area contributed by atoms with Crippen LogP contribution in [0.5, 0.6) is 5.75 Å². The van der Waals surface area contributed by atoms with Gasteiger partial charge in [0.25, 0.3) is 0 Å². The van der Waals surface area contributed by atoms with Gasteiger partial charge in [0.15, 0.2) is 6.04 Å². The fraction of sp³-hybridized carbons (Fsp3) is 0.250. The fourth-order valence-corrected chi connectivity index (χ4v) is 5.86. The number of hydrogen-bond donors (Lipinski definition) is 0. The summed E-state index contributed by atoms with van der Waals surface area (Å²) in [6.45, 7) is 0.194. The molecule has 11 heteroatoms. The van der Waals surface area contributed by atoms with Crippen molar-refractivity contribution in [3.63, 3.8) is 0 Å². The summed E-state index contributed by atoms with van der Waals surface area (Å²) < 4.78 is 35.7. The van der Waals surface area contributed by atoms with Gasteiger partial charge in [-0.2, -0.15) is 0 Å². The minimum atomic E-state index is -3.82. The predicted molar refractivity (Wildman–Crippen MR) is 175 cm³/mol. The molecule has 0 saturated heterocycles. The summed E-state index contributed by atoms with van der Waals surface area (Å²) in [5, 5.41) is 0.873. The summed E-state index contributed by atoms with van der Waals surface area (Å²) in [6.07, 6.45) is 0.549. The Labute approximate surface area is 274 Å². The number of amides is 1. The number of carbonyl (C=O) groups is 3. The van der Waals surface area contributed by atoms with E-state index in [9.17, 15) is 18.9 Å². The summed E-state index contributed by atoms with van der Waals surface area (Å²) in [5.41, 5.74) is 3.21. The van der Waals surface area contributed by atoms with Crippen molar-refractivity contribution in [1.82, 2.24) is 5.06 Å². The summed E-state index contributed by atoms with van der Waals surface area (Å²) in [6, 6.07) is 33.2. The van der Waals surface area contributed by atoms with Gasteiger partial charge in [-0.1, -0.05) is 103 Å². The SMILES string of the molecule is COP(=O)(CCC(C(=O)OCc1ccccc1)N(C=O)OCc1ccccc1)Oc1cccc(CCC(=O)OCc2ccccc2)c1. The van der Waals surface area contributed by atoms with E-state index in [0.717, 1.165) is 27.3 Å². The van der Waals surface area contributed by atoms with E-state index in [2.05, 4.69) is 0 Å². The lowest BCUT2D eigenvalue weighted by Gasteiger charge is -2.27. The molecule has 0 radical (unpaired) electrons. The first kappa shape index (κ1) is 35.1. The molecular formula is C36H38NO9P. The molecule has 2 unspecified atom stereocenters. The van der Waals surface area contributed by atoms with Gasteiger partial charge in [0.1, 0.15) is 25.6 Å². The molecule has 0 spiro atoms. The van der Waals surface area contributed by atoms with Gasteiger partial charge < -0.3 is 18.5 Å². The maximum atomic E-state index is 13.7. The summed E-state index contributed by atoms with van der Waals surface area (Å²) in [7, 11) is -2.57. The monoisotopic (exact) mass is 659 g/mol. The van der Waals surface area contributed by atoms with Gasteiger partial charge in [-0.3, -0.25) is 14.4 Å². The van der Waals surface area contributed by atoms with Crippen LogP contribution in [0, 0.1) is 0 Å². The highest BCUT2D eigenvalue weighted by Gasteiger charge is 2.34. The third-order valence-electron chi connectivity index (χ3n) is 7.09. The number of ether oxygens (including phenoxy) is 2. The van der Waals surface area contributed by atoms with Crippen molar-refractivity contribution in [2.75, 3.05) is 13.3 Å². The van der Waals surface area contributed by atoms with Gasteiger partial charge in [0, 0.05) is 13.5 Å². The van der Waals surface area contributed by atoms with Crippen LogP contribution >= 0.6 is 7.60 Å². The number of hydroxylamine groups is 2. The molecule has 4 rings (SSSR count). The van der Waals surface area contributed by atoms with Crippen LogP contribution in [-0.4, -0.2) is 42.7 Å². The lowest BCUT2D eigenvalue weighted by Crippen LogP contribution is -2.42. The van der Waals surface area contributed by atoms with Gasteiger partial charge in [0.2, 0.25) is 6.41 Å². The van der Waals surface area contributed by atoms with Crippen molar-refractivity contribution >= 4 is 25.9 Å². The largest absolute Gasteiger partial charge is 0.461 e. The smallest absolute Gasteiger partial charge is 0.379 e. The second-order valence-electron chi connectivity index (χ2n) is 10.5. The van der Waals surface area contributed by atoms with Crippen LogP contribution in [0.2, 0.25) is 0 Å². The number of esters is 2. The summed E-state index contributed by atoms with van der Waals surface area (Å²) in [5.74, 6) is -0.818. The van der Waals surface area contributed by atoms with Gasteiger partial charge in [0.05, 0.1) is 6.16 Å². The summed E-state index contributed by atoms with van der Waals surface area (Å²) >= 11 is 0. The zero-order chi connectivity index (χ0) is 33.3. The first-order chi connectivity index (χ1) is 22.9. The van der Waals surface area contributed by atoms with E-state index in [4.69, 9.17) is 23.4 Å². The Morgan fingerprint density at radius 2 is 1.30 bits per heavy atom. The molecule has 0 heterocycles. The van der Waals surface area contributed by atoms with Crippen LogP contribution in [-0.2, 0) is 64.0 Å². The zero-order valence-electron chi connectivity index (χ0n) is 26.1. The standard InChI is InChI=1S/C36H38NO9P/c1-42-47(41,46-33-19-11-18-29(24-33)20-21-35(39)43-25-30-12-5-2-6-13-30)23-22-34(36(40)44-26-31-14-7-3-8-15-31)37(28-38)45-27-32-16-9-4-10-17-32/h2-19,24,28,34H,20-23,25-27H2,1H3. The summed E-state index contributed by atoms with van der Waals surface area (Å²) in [4.78, 5) is 43.4. The maximum Gasteiger partial charge on any atom is 0.379 e. The van der Waals surface area contributed by atoms with Crippen LogP contribution in [0.1, 0.15) is 35.1 Å². The number of hydrogen-bond acceptors (Lipinski definition) is 9. The zero-order valence-corrected chi connectivity index (χ0v) is 27.0. The Balaban J connectivity index is 1.38. The van der Waals surface area contributed by atoms with Crippen LogP contribution in [0.4, 0.5) is 0 Å². The van der Waals surface area contributed by atoms with Crippen LogP contribution < -0.4 is 4.52 Å². The average Bonchev–Trinajstić information content (AvgIpc) is 3.11. The molecule has 0 N–H and O–H groups in total. The van der Waals surface area contributed by atoms with Crippen molar-refractivity contribution in [1.29, 1.82) is 0 Å². The molecule has 0 aliphatic carbocycles. The second kappa shape index (κ2) is 18.4. The number of rotatable bonds is 19. The number of aryl methyl sites for hydroxylation is 1. The van der Waals surface area contributed by atoms with Gasteiger partial charge in [-0.25, -0.2) is 14.4 Å². The number of benzene rings is 4. The Bertz CT molecular complexity index is 1600. The van der Waals surface area contributed by atoms with E-state index in [1.54, 1.807) is 30.3 Å². The molecule has 0 saturated carbocycles. The number of carbonyl (C=O) groups excluding carboxylic acids is 3. The maximum absolute atomic E-state index is 13.7. The highest BCUT2D eigenvalue weighted by Crippen LogP contribution is 2.48. The molecule has 0 aromatic heterocycles. The molecule has 0 bridgehead atoms. The number of nitrogens with zero attached hydrogens (tertiary/aromatic N) is 1. The fourth-order valence-electron chi connectivity index (χ4n) is 4.52. The Kier molecular flexibility index (Phi) is 13.7. The van der Waals surface area contributed by atoms with E-state index >= 15 is 0 Å². The predicted octanol–water partition coefficient (Wildman–Crippen LogP) is 6.67. The average molecular weight is 660 g/mol. The van der Waals surface area contributed by atoms with E-state index in [1.807, 2.05) is 84.9 Å². The topological polar surface area (TPSA) is 118 Å². The van der Waals surface area contributed by atoms with Crippen LogP contribution in [0.15, 0.2) is 115 Å². The van der Waals surface area contributed by atoms with Crippen molar-refractivity contribution < 1.29 is 42.3 Å². The molecule has 0 fully saturated rings. The van der Waals surface area contributed by atoms with E-state index in [0.29, 0.717) is 12.8 Å². The Hall–Kier alpha value is -4.76. The van der Waals surface area contributed by atoms with E-state index < -0.39 is 19.6 Å². The molecule has 0 aliphatic heterocycles. The van der Waals surface area contributed by atoms with E-state index in [-0.39, 0.29) is 50.5 Å². The minimum Gasteiger partial charge on any atom is -0.461 e. The van der Waals surface area contributed by atoms with E-state index in [1.165, 1.54) is 7.11 Å². The normalized spacial score (nSPS) is 12.7. The molecule has 10 nitrogen and oxygen atoms in total. The molecule has 246 valence electrons. The first-order valence-electron chi connectivity index (χ1n) is 15.1. The third kappa shape index (κ3) is 11.8. The quantitative estimate of drug-likeness (QED) is 0.0471. The first-order valence-corrected chi connectivity index (χ1v) is 16.8. The lowest BCUT2D eigenvalue weighted by molar-refractivity contribution is -0.203. The molecule has 47 heavy (non-hydrogen) atoms. The molecule has 0 aliphatic rings. The molecule has 4 aromatic carbocycles. The third-order valence-corrected chi connectivity index (χ3v) is 8.94. The Morgan fingerprint density at radius 3 is 1.87 bits per heavy atom.